The molecule has 1 amide bonds. The summed E-state index contributed by atoms with van der Waals surface area (Å²) in [5.41, 5.74) is 1.26. The van der Waals surface area contributed by atoms with Gasteiger partial charge in [-0.05, 0) is 37.0 Å². The zero-order valence-electron chi connectivity index (χ0n) is 10.3. The first kappa shape index (κ1) is 13.4. The number of aliphatic hydroxyl groups excluding tert-OH is 1. The summed E-state index contributed by atoms with van der Waals surface area (Å²) in [5.74, 6) is 0.0778. The number of unbranched alkanes of at least 4 members (excludes halogenated alkanes) is 1. The Morgan fingerprint density at radius 1 is 1.28 bits per heavy atom. The molecule has 1 fully saturated rings. The number of amides is 1. The summed E-state index contributed by atoms with van der Waals surface area (Å²) in [6.45, 7) is 0.660. The normalized spacial score (nSPS) is 19.6. The minimum absolute atomic E-state index is 0.0778. The SMILES string of the molecule is O=C1CCC(O)N1CCCCc1ccc(Cl)cc1. The molecule has 0 aromatic heterocycles. The van der Waals surface area contributed by atoms with Crippen molar-refractivity contribution in [2.75, 3.05) is 6.54 Å². The van der Waals surface area contributed by atoms with Crippen LogP contribution in [-0.4, -0.2) is 28.7 Å². The molecular weight excluding hydrogens is 250 g/mol. The topological polar surface area (TPSA) is 40.5 Å². The van der Waals surface area contributed by atoms with Crippen LogP contribution in [0.4, 0.5) is 0 Å². The van der Waals surface area contributed by atoms with E-state index in [1.54, 1.807) is 4.90 Å². The molecule has 0 saturated carbocycles. The minimum Gasteiger partial charge on any atom is -0.374 e. The number of hydrogen-bond donors (Lipinski definition) is 1. The highest BCUT2D eigenvalue weighted by Gasteiger charge is 2.28. The van der Waals surface area contributed by atoms with Crippen molar-refractivity contribution < 1.29 is 9.90 Å². The van der Waals surface area contributed by atoms with Gasteiger partial charge in [-0.1, -0.05) is 23.7 Å². The number of aryl methyl sites for hydroxylation is 1. The number of hydrogen-bond acceptors (Lipinski definition) is 2. The molecule has 1 aromatic carbocycles. The van der Waals surface area contributed by atoms with Gasteiger partial charge >= 0.3 is 0 Å². The molecule has 98 valence electrons. The van der Waals surface area contributed by atoms with Gasteiger partial charge in [0.05, 0.1) is 0 Å². The maximum absolute atomic E-state index is 11.4. The molecule has 1 atom stereocenters. The summed E-state index contributed by atoms with van der Waals surface area (Å²) in [4.78, 5) is 13.0. The van der Waals surface area contributed by atoms with Crippen molar-refractivity contribution in [2.24, 2.45) is 0 Å². The van der Waals surface area contributed by atoms with Crippen molar-refractivity contribution in [1.29, 1.82) is 0 Å². The number of aliphatic hydroxyl groups is 1. The van der Waals surface area contributed by atoms with Gasteiger partial charge in [-0.25, -0.2) is 0 Å². The van der Waals surface area contributed by atoms with E-state index < -0.39 is 6.23 Å². The monoisotopic (exact) mass is 267 g/mol. The zero-order valence-corrected chi connectivity index (χ0v) is 11.1. The summed E-state index contributed by atoms with van der Waals surface area (Å²) >= 11 is 5.82. The van der Waals surface area contributed by atoms with E-state index >= 15 is 0 Å². The molecule has 0 bridgehead atoms. The highest BCUT2D eigenvalue weighted by molar-refractivity contribution is 6.30. The molecule has 1 aromatic rings. The van der Waals surface area contributed by atoms with Crippen LogP contribution in [0.25, 0.3) is 0 Å². The molecule has 1 aliphatic rings. The Hall–Kier alpha value is -1.06. The fourth-order valence-corrected chi connectivity index (χ4v) is 2.38. The Bertz CT molecular complexity index is 405. The molecule has 2 rings (SSSR count). The van der Waals surface area contributed by atoms with E-state index in [4.69, 9.17) is 11.6 Å². The number of carbonyl (C=O) groups excluding carboxylic acids is 1. The van der Waals surface area contributed by atoms with Gasteiger partial charge in [0.25, 0.3) is 0 Å². The Morgan fingerprint density at radius 3 is 2.61 bits per heavy atom. The van der Waals surface area contributed by atoms with Crippen LogP contribution >= 0.6 is 11.6 Å². The molecule has 4 heteroatoms. The molecule has 0 spiro atoms. The zero-order chi connectivity index (χ0) is 13.0. The van der Waals surface area contributed by atoms with Crippen LogP contribution < -0.4 is 0 Å². The van der Waals surface area contributed by atoms with Gasteiger partial charge in [0.1, 0.15) is 6.23 Å². The van der Waals surface area contributed by atoms with E-state index in [1.165, 1.54) is 5.56 Å². The standard InChI is InChI=1S/C14H18ClNO2/c15-12-6-4-11(5-7-12)3-1-2-10-16-13(17)8-9-14(16)18/h4-7,13,17H,1-3,8-10H2. The maximum Gasteiger partial charge on any atom is 0.224 e. The fraction of sp³-hybridized carbons (Fsp3) is 0.500. The lowest BCUT2D eigenvalue weighted by atomic mass is 10.1. The maximum atomic E-state index is 11.4. The van der Waals surface area contributed by atoms with Gasteiger partial charge in [-0.3, -0.25) is 4.79 Å². The van der Waals surface area contributed by atoms with E-state index in [0.717, 1.165) is 24.3 Å². The van der Waals surface area contributed by atoms with Crippen molar-refractivity contribution in [1.82, 2.24) is 4.90 Å². The minimum atomic E-state index is -0.562. The van der Waals surface area contributed by atoms with Gasteiger partial charge in [-0.15, -0.1) is 0 Å². The lowest BCUT2D eigenvalue weighted by molar-refractivity contribution is -0.133. The van der Waals surface area contributed by atoms with Crippen LogP contribution in [0.3, 0.4) is 0 Å². The molecule has 1 unspecified atom stereocenters. The Morgan fingerprint density at radius 2 is 2.00 bits per heavy atom. The quantitative estimate of drug-likeness (QED) is 0.833. The van der Waals surface area contributed by atoms with Crippen LogP contribution in [0, 0.1) is 0 Å². The van der Waals surface area contributed by atoms with Gasteiger partial charge in [0.2, 0.25) is 5.91 Å². The van der Waals surface area contributed by atoms with E-state index in [9.17, 15) is 9.90 Å². The van der Waals surface area contributed by atoms with Crippen LogP contribution in [0.5, 0.6) is 0 Å². The first-order valence-corrected chi connectivity index (χ1v) is 6.76. The number of rotatable bonds is 5. The Kier molecular flexibility index (Phi) is 4.61. The molecule has 3 nitrogen and oxygen atoms in total. The average molecular weight is 268 g/mol. The summed E-state index contributed by atoms with van der Waals surface area (Å²) in [5, 5.41) is 10.4. The molecule has 1 heterocycles. The average Bonchev–Trinajstić information content (AvgIpc) is 2.68. The number of carbonyl (C=O) groups is 1. The number of likely N-dealkylation sites (tertiary alicyclic amines) is 1. The van der Waals surface area contributed by atoms with Gasteiger partial charge in [-0.2, -0.15) is 0 Å². The van der Waals surface area contributed by atoms with Crippen molar-refractivity contribution >= 4 is 17.5 Å². The van der Waals surface area contributed by atoms with Gasteiger partial charge in [0.15, 0.2) is 0 Å². The second-order valence-electron chi connectivity index (χ2n) is 4.69. The third-order valence-electron chi connectivity index (χ3n) is 3.32. The van der Waals surface area contributed by atoms with E-state index in [1.807, 2.05) is 24.3 Å². The predicted molar refractivity (Wildman–Crippen MR) is 71.3 cm³/mol. The van der Waals surface area contributed by atoms with Crippen LogP contribution in [0.1, 0.15) is 31.2 Å². The smallest absolute Gasteiger partial charge is 0.224 e. The van der Waals surface area contributed by atoms with Crippen LogP contribution in [0.2, 0.25) is 5.02 Å². The third kappa shape index (κ3) is 3.47. The molecule has 1 aliphatic heterocycles. The number of halogens is 1. The van der Waals surface area contributed by atoms with Crippen molar-refractivity contribution in [2.45, 2.75) is 38.3 Å². The lowest BCUT2D eigenvalue weighted by Gasteiger charge is -2.20. The molecule has 0 aliphatic carbocycles. The Labute approximate surface area is 112 Å². The van der Waals surface area contributed by atoms with E-state index in [2.05, 4.69) is 0 Å². The summed E-state index contributed by atoms with van der Waals surface area (Å²) < 4.78 is 0. The van der Waals surface area contributed by atoms with E-state index in [0.29, 0.717) is 19.4 Å². The molecule has 0 radical (unpaired) electrons. The summed E-state index contributed by atoms with van der Waals surface area (Å²) in [6, 6.07) is 7.84. The van der Waals surface area contributed by atoms with Gasteiger partial charge in [0, 0.05) is 24.4 Å². The van der Waals surface area contributed by atoms with Crippen molar-refractivity contribution in [3.8, 4) is 0 Å². The highest BCUT2D eigenvalue weighted by Crippen LogP contribution is 2.17. The van der Waals surface area contributed by atoms with Crippen LogP contribution in [0.15, 0.2) is 24.3 Å². The number of nitrogens with zero attached hydrogens (tertiary/aromatic N) is 1. The van der Waals surface area contributed by atoms with Gasteiger partial charge < -0.3 is 10.0 Å². The van der Waals surface area contributed by atoms with Crippen molar-refractivity contribution in [3.63, 3.8) is 0 Å². The first-order chi connectivity index (χ1) is 8.66. The number of benzene rings is 1. The second-order valence-corrected chi connectivity index (χ2v) is 5.13. The molecule has 18 heavy (non-hydrogen) atoms. The second kappa shape index (κ2) is 6.21. The third-order valence-corrected chi connectivity index (χ3v) is 3.58. The van der Waals surface area contributed by atoms with Crippen molar-refractivity contribution in [3.05, 3.63) is 34.9 Å². The van der Waals surface area contributed by atoms with E-state index in [-0.39, 0.29) is 5.91 Å². The largest absolute Gasteiger partial charge is 0.374 e. The lowest BCUT2D eigenvalue weighted by Crippen LogP contribution is -2.33. The Balaban J connectivity index is 1.70. The summed E-state index contributed by atoms with van der Waals surface area (Å²) in [7, 11) is 0. The molecule has 1 saturated heterocycles. The molecular formula is C14H18ClNO2. The predicted octanol–water partition coefficient (Wildman–Crippen LogP) is 2.60. The molecule has 1 N–H and O–H groups in total. The van der Waals surface area contributed by atoms with Crippen LogP contribution in [-0.2, 0) is 11.2 Å². The fourth-order valence-electron chi connectivity index (χ4n) is 2.25. The first-order valence-electron chi connectivity index (χ1n) is 6.39. The highest BCUT2D eigenvalue weighted by atomic mass is 35.5. The summed E-state index contributed by atoms with van der Waals surface area (Å²) in [6.07, 6.45) is 3.42.